The van der Waals surface area contributed by atoms with Crippen molar-refractivity contribution in [1.82, 2.24) is 10.2 Å². The summed E-state index contributed by atoms with van der Waals surface area (Å²) in [7, 11) is 0. The summed E-state index contributed by atoms with van der Waals surface area (Å²) >= 11 is 1.72. The summed E-state index contributed by atoms with van der Waals surface area (Å²) in [5.41, 5.74) is 0. The average molecular weight is 230 g/mol. The molecule has 1 rings (SSSR count). The molecule has 0 saturated carbocycles. The first-order valence-corrected chi connectivity index (χ1v) is 7.05. The number of thioether (sulfide) groups is 1. The third-order valence-corrected chi connectivity index (χ3v) is 3.46. The highest BCUT2D eigenvalue weighted by Gasteiger charge is 2.24. The van der Waals surface area contributed by atoms with Gasteiger partial charge in [0.15, 0.2) is 0 Å². The molecule has 0 bridgehead atoms. The van der Waals surface area contributed by atoms with Gasteiger partial charge in [-0.3, -0.25) is 9.69 Å². The summed E-state index contributed by atoms with van der Waals surface area (Å²) in [6.07, 6.45) is 3.78. The van der Waals surface area contributed by atoms with E-state index in [0.717, 1.165) is 25.3 Å². The Hall–Kier alpha value is -0.220. The van der Waals surface area contributed by atoms with E-state index in [0.29, 0.717) is 18.5 Å². The van der Waals surface area contributed by atoms with Gasteiger partial charge in [0.25, 0.3) is 0 Å². The molecule has 1 atom stereocenters. The van der Waals surface area contributed by atoms with Gasteiger partial charge >= 0.3 is 0 Å². The lowest BCUT2D eigenvalue weighted by Crippen LogP contribution is -2.38. The Labute approximate surface area is 97.0 Å². The van der Waals surface area contributed by atoms with Crippen LogP contribution >= 0.6 is 11.8 Å². The van der Waals surface area contributed by atoms with Gasteiger partial charge in [-0.15, -0.1) is 0 Å². The fourth-order valence-electron chi connectivity index (χ4n) is 1.87. The molecule has 3 nitrogen and oxygen atoms in total. The van der Waals surface area contributed by atoms with Gasteiger partial charge in [-0.05, 0) is 26.5 Å². The summed E-state index contributed by atoms with van der Waals surface area (Å²) in [5, 5.41) is 3.10. The Morgan fingerprint density at radius 2 is 2.33 bits per heavy atom. The first-order chi connectivity index (χ1) is 7.13. The lowest BCUT2D eigenvalue weighted by molar-refractivity contribution is -0.121. The molecular weight excluding hydrogens is 208 g/mol. The van der Waals surface area contributed by atoms with Crippen molar-refractivity contribution in [3.05, 3.63) is 0 Å². The standard InChI is InChI=1S/C11H22N2OS/c1-9(2)13-6-4-10(8-13)12-11(14)5-7-15-3/h9-10H,4-8H2,1-3H3,(H,12,14). The molecule has 1 N–H and O–H groups in total. The molecule has 1 aliphatic rings. The van der Waals surface area contributed by atoms with Crippen LogP contribution in [-0.4, -0.2) is 48.0 Å². The molecule has 0 aromatic heterocycles. The van der Waals surface area contributed by atoms with Crippen molar-refractivity contribution >= 4 is 17.7 Å². The normalized spacial score (nSPS) is 22.3. The van der Waals surface area contributed by atoms with Crippen LogP contribution in [-0.2, 0) is 4.79 Å². The van der Waals surface area contributed by atoms with E-state index in [1.54, 1.807) is 11.8 Å². The van der Waals surface area contributed by atoms with Crippen molar-refractivity contribution in [2.24, 2.45) is 0 Å². The first-order valence-electron chi connectivity index (χ1n) is 5.66. The zero-order valence-corrected chi connectivity index (χ0v) is 10.8. The van der Waals surface area contributed by atoms with Gasteiger partial charge in [-0.25, -0.2) is 0 Å². The van der Waals surface area contributed by atoms with Crippen LogP contribution in [0, 0.1) is 0 Å². The predicted molar refractivity (Wildman–Crippen MR) is 66.3 cm³/mol. The van der Waals surface area contributed by atoms with Crippen molar-refractivity contribution < 1.29 is 4.79 Å². The summed E-state index contributed by atoms with van der Waals surface area (Å²) in [6.45, 7) is 6.55. The van der Waals surface area contributed by atoms with E-state index in [-0.39, 0.29) is 5.91 Å². The largest absolute Gasteiger partial charge is 0.352 e. The minimum atomic E-state index is 0.208. The smallest absolute Gasteiger partial charge is 0.221 e. The van der Waals surface area contributed by atoms with E-state index < -0.39 is 0 Å². The van der Waals surface area contributed by atoms with Crippen LogP contribution in [0.1, 0.15) is 26.7 Å². The number of amides is 1. The van der Waals surface area contributed by atoms with Crippen LogP contribution in [0.5, 0.6) is 0 Å². The van der Waals surface area contributed by atoms with E-state index >= 15 is 0 Å². The number of likely N-dealkylation sites (tertiary alicyclic amines) is 1. The van der Waals surface area contributed by atoms with Gasteiger partial charge in [-0.1, -0.05) is 0 Å². The molecule has 1 heterocycles. The third-order valence-electron chi connectivity index (χ3n) is 2.85. The zero-order valence-electron chi connectivity index (χ0n) is 9.95. The number of carbonyl (C=O) groups is 1. The van der Waals surface area contributed by atoms with Crippen molar-refractivity contribution in [2.75, 3.05) is 25.1 Å². The molecule has 0 aromatic carbocycles. The number of rotatable bonds is 5. The molecule has 1 amide bonds. The lowest BCUT2D eigenvalue weighted by Gasteiger charge is -2.20. The van der Waals surface area contributed by atoms with Crippen molar-refractivity contribution in [1.29, 1.82) is 0 Å². The Morgan fingerprint density at radius 1 is 1.60 bits per heavy atom. The maximum Gasteiger partial charge on any atom is 0.221 e. The molecular formula is C11H22N2OS. The van der Waals surface area contributed by atoms with Crippen LogP contribution in [0.2, 0.25) is 0 Å². The second-order valence-electron chi connectivity index (χ2n) is 4.38. The van der Waals surface area contributed by atoms with Crippen LogP contribution in [0.4, 0.5) is 0 Å². The molecule has 15 heavy (non-hydrogen) atoms. The molecule has 0 aromatic rings. The second kappa shape index (κ2) is 6.38. The van der Waals surface area contributed by atoms with Gasteiger partial charge in [0.05, 0.1) is 0 Å². The number of carbonyl (C=O) groups excluding carboxylic acids is 1. The number of hydrogen-bond acceptors (Lipinski definition) is 3. The fraction of sp³-hybridized carbons (Fsp3) is 0.909. The van der Waals surface area contributed by atoms with Gasteiger partial charge in [-0.2, -0.15) is 11.8 Å². The molecule has 1 aliphatic heterocycles. The lowest BCUT2D eigenvalue weighted by atomic mass is 10.2. The maximum absolute atomic E-state index is 11.5. The molecule has 1 fully saturated rings. The predicted octanol–water partition coefficient (Wildman–Crippen LogP) is 1.34. The van der Waals surface area contributed by atoms with E-state index in [1.807, 2.05) is 6.26 Å². The first kappa shape index (κ1) is 12.8. The maximum atomic E-state index is 11.5. The molecule has 4 heteroatoms. The highest BCUT2D eigenvalue weighted by atomic mass is 32.2. The van der Waals surface area contributed by atoms with Crippen molar-refractivity contribution in [2.45, 2.75) is 38.8 Å². The third kappa shape index (κ3) is 4.43. The Kier molecular flexibility index (Phi) is 5.47. The summed E-state index contributed by atoms with van der Waals surface area (Å²) in [4.78, 5) is 13.9. The minimum absolute atomic E-state index is 0.208. The van der Waals surface area contributed by atoms with Crippen molar-refractivity contribution in [3.8, 4) is 0 Å². The highest BCUT2D eigenvalue weighted by molar-refractivity contribution is 7.98. The molecule has 0 aliphatic carbocycles. The number of nitrogens with zero attached hydrogens (tertiary/aromatic N) is 1. The van der Waals surface area contributed by atoms with E-state index in [9.17, 15) is 4.79 Å². The number of hydrogen-bond donors (Lipinski definition) is 1. The minimum Gasteiger partial charge on any atom is -0.352 e. The second-order valence-corrected chi connectivity index (χ2v) is 5.37. The van der Waals surface area contributed by atoms with Crippen LogP contribution in [0.15, 0.2) is 0 Å². The van der Waals surface area contributed by atoms with Gasteiger partial charge in [0.1, 0.15) is 0 Å². The molecule has 88 valence electrons. The summed E-state index contributed by atoms with van der Waals surface area (Å²) < 4.78 is 0. The van der Waals surface area contributed by atoms with Gasteiger partial charge < -0.3 is 5.32 Å². The van der Waals surface area contributed by atoms with E-state index in [4.69, 9.17) is 0 Å². The monoisotopic (exact) mass is 230 g/mol. The van der Waals surface area contributed by atoms with E-state index in [2.05, 4.69) is 24.1 Å². The quantitative estimate of drug-likeness (QED) is 0.773. The SMILES string of the molecule is CSCCC(=O)NC1CCN(C(C)C)C1. The zero-order chi connectivity index (χ0) is 11.3. The van der Waals surface area contributed by atoms with Crippen LogP contribution < -0.4 is 5.32 Å². The van der Waals surface area contributed by atoms with Crippen LogP contribution in [0.25, 0.3) is 0 Å². The molecule has 0 radical (unpaired) electrons. The molecule has 1 saturated heterocycles. The van der Waals surface area contributed by atoms with Crippen LogP contribution in [0.3, 0.4) is 0 Å². The topological polar surface area (TPSA) is 32.3 Å². The van der Waals surface area contributed by atoms with E-state index in [1.165, 1.54) is 0 Å². The molecule has 0 spiro atoms. The Balaban J connectivity index is 2.20. The van der Waals surface area contributed by atoms with Crippen molar-refractivity contribution in [3.63, 3.8) is 0 Å². The van der Waals surface area contributed by atoms with Gasteiger partial charge in [0, 0.05) is 37.3 Å². The summed E-state index contributed by atoms with van der Waals surface area (Å²) in [6, 6.07) is 0.972. The highest BCUT2D eigenvalue weighted by Crippen LogP contribution is 2.12. The number of nitrogens with one attached hydrogen (secondary N) is 1. The average Bonchev–Trinajstić information content (AvgIpc) is 2.63. The van der Waals surface area contributed by atoms with Gasteiger partial charge in [0.2, 0.25) is 5.91 Å². The molecule has 1 unspecified atom stereocenters. The summed E-state index contributed by atoms with van der Waals surface area (Å²) in [5.74, 6) is 1.13. The Morgan fingerprint density at radius 3 is 2.87 bits per heavy atom. The fourth-order valence-corrected chi connectivity index (χ4v) is 2.26. The Bertz CT molecular complexity index is 209.